The predicted molar refractivity (Wildman–Crippen MR) is 142 cm³/mol. The molecule has 1 aliphatic rings. The maximum absolute atomic E-state index is 13.1. The summed E-state index contributed by atoms with van der Waals surface area (Å²) in [5.74, 6) is -0.458. The van der Waals surface area contributed by atoms with Gasteiger partial charge in [-0.05, 0) is 53.3 Å². The van der Waals surface area contributed by atoms with Crippen LogP contribution in [0, 0.1) is 0 Å². The Labute approximate surface area is 213 Å². The smallest absolute Gasteiger partial charge is 0.335 e. The molecule has 7 nitrogen and oxygen atoms in total. The van der Waals surface area contributed by atoms with Crippen LogP contribution in [-0.4, -0.2) is 31.6 Å². The monoisotopic (exact) mass is 522 g/mol. The Kier molecular flexibility index (Phi) is 6.68. The number of fused-ring (bicyclic) bond motifs is 1. The van der Waals surface area contributed by atoms with Crippen molar-refractivity contribution in [2.75, 3.05) is 11.8 Å². The Balaban J connectivity index is 1.48. The molecular weight excluding hydrogens is 496 g/mol. The van der Waals surface area contributed by atoms with Crippen LogP contribution in [0.1, 0.15) is 53.9 Å². The highest BCUT2D eigenvalue weighted by atomic mass is 32.2. The highest BCUT2D eigenvalue weighted by Gasteiger charge is 2.23. The number of rotatable bonds is 7. The molecule has 0 amide bonds. The van der Waals surface area contributed by atoms with Crippen molar-refractivity contribution in [1.82, 2.24) is 4.98 Å². The third-order valence-corrected chi connectivity index (χ3v) is 9.53. The molecule has 1 fully saturated rings. The first-order chi connectivity index (χ1) is 17.4. The number of hydrogen-bond donors (Lipinski definition) is 2. The van der Waals surface area contributed by atoms with E-state index in [9.17, 15) is 18.3 Å². The zero-order valence-corrected chi connectivity index (χ0v) is 21.4. The number of nitrogens with one attached hydrogen (secondary N) is 1. The molecule has 0 bridgehead atoms. The molecule has 0 spiro atoms. The standard InChI is InChI=1S/C27H26N2O5S2/c1-34-24-15-18(27(30)31)13-14-23(24)29-36(32,33)25-16-28-26(35-25)22-12-6-10-20-19(9-5-11-21(20)22)17-7-3-2-4-8-17/h5-6,9-17,29H,2-4,7-8H2,1H3,(H,30,31). The Bertz CT molecular complexity index is 1540. The van der Waals surface area contributed by atoms with Crippen molar-refractivity contribution >= 4 is 43.8 Å². The molecule has 1 heterocycles. The van der Waals surface area contributed by atoms with Crippen LogP contribution in [0.15, 0.2) is 65.0 Å². The average Bonchev–Trinajstić information content (AvgIpc) is 3.40. The van der Waals surface area contributed by atoms with E-state index in [-0.39, 0.29) is 21.2 Å². The third-order valence-electron chi connectivity index (χ3n) is 6.67. The summed E-state index contributed by atoms with van der Waals surface area (Å²) in [5.41, 5.74) is 2.41. The molecule has 0 saturated heterocycles. The molecule has 36 heavy (non-hydrogen) atoms. The van der Waals surface area contributed by atoms with E-state index >= 15 is 0 Å². The largest absolute Gasteiger partial charge is 0.495 e. The highest BCUT2D eigenvalue weighted by Crippen LogP contribution is 2.40. The molecule has 0 aliphatic heterocycles. The van der Waals surface area contributed by atoms with E-state index in [1.807, 2.05) is 12.1 Å². The van der Waals surface area contributed by atoms with E-state index in [1.54, 1.807) is 0 Å². The zero-order valence-electron chi connectivity index (χ0n) is 19.7. The molecule has 9 heteroatoms. The molecule has 1 aromatic heterocycles. The number of methoxy groups -OCH3 is 1. The molecule has 2 N–H and O–H groups in total. The Hall–Kier alpha value is -3.43. The fourth-order valence-corrected chi connectivity index (χ4v) is 7.14. The lowest BCUT2D eigenvalue weighted by molar-refractivity contribution is 0.0696. The Morgan fingerprint density at radius 1 is 1.06 bits per heavy atom. The maximum atomic E-state index is 13.1. The zero-order chi connectivity index (χ0) is 25.3. The minimum atomic E-state index is -3.97. The Morgan fingerprint density at radius 3 is 2.56 bits per heavy atom. The van der Waals surface area contributed by atoms with Crippen molar-refractivity contribution in [1.29, 1.82) is 0 Å². The van der Waals surface area contributed by atoms with Crippen LogP contribution < -0.4 is 9.46 Å². The van der Waals surface area contributed by atoms with Crippen molar-refractivity contribution < 1.29 is 23.1 Å². The van der Waals surface area contributed by atoms with Crippen LogP contribution >= 0.6 is 11.3 Å². The average molecular weight is 523 g/mol. The number of ether oxygens (including phenoxy) is 1. The van der Waals surface area contributed by atoms with Gasteiger partial charge in [0, 0.05) is 5.56 Å². The number of carboxylic acids is 1. The molecule has 3 aromatic carbocycles. The highest BCUT2D eigenvalue weighted by molar-refractivity contribution is 7.94. The second kappa shape index (κ2) is 9.91. The summed E-state index contributed by atoms with van der Waals surface area (Å²) in [6, 6.07) is 16.5. The van der Waals surface area contributed by atoms with E-state index in [2.05, 4.69) is 34.0 Å². The summed E-state index contributed by atoms with van der Waals surface area (Å²) in [6.45, 7) is 0. The number of benzene rings is 3. The van der Waals surface area contributed by atoms with Gasteiger partial charge >= 0.3 is 5.97 Å². The molecule has 1 aliphatic carbocycles. The first-order valence-electron chi connectivity index (χ1n) is 11.8. The lowest BCUT2D eigenvalue weighted by Gasteiger charge is -2.23. The minimum Gasteiger partial charge on any atom is -0.495 e. The van der Waals surface area contributed by atoms with Crippen LogP contribution in [0.25, 0.3) is 21.3 Å². The summed E-state index contributed by atoms with van der Waals surface area (Å²) in [5, 5.41) is 12.1. The first-order valence-corrected chi connectivity index (χ1v) is 14.1. The SMILES string of the molecule is COc1cc(C(=O)O)ccc1NS(=O)(=O)c1cnc(-c2cccc3c(C4CCCCC4)cccc23)s1. The van der Waals surface area contributed by atoms with E-state index in [0.717, 1.165) is 22.3 Å². The molecule has 186 valence electrons. The number of anilines is 1. The van der Waals surface area contributed by atoms with E-state index in [0.29, 0.717) is 10.9 Å². The molecule has 0 atom stereocenters. The van der Waals surface area contributed by atoms with Gasteiger partial charge in [0.2, 0.25) is 0 Å². The number of hydrogen-bond acceptors (Lipinski definition) is 6. The number of aromatic nitrogens is 1. The quantitative estimate of drug-likeness (QED) is 0.286. The van der Waals surface area contributed by atoms with Gasteiger partial charge in [0.25, 0.3) is 10.0 Å². The van der Waals surface area contributed by atoms with Crippen LogP contribution in [-0.2, 0) is 10.0 Å². The van der Waals surface area contributed by atoms with Gasteiger partial charge in [-0.2, -0.15) is 0 Å². The van der Waals surface area contributed by atoms with Gasteiger partial charge in [-0.3, -0.25) is 4.72 Å². The fourth-order valence-electron chi connectivity index (χ4n) is 4.90. The molecular formula is C27H26N2O5S2. The van der Waals surface area contributed by atoms with Gasteiger partial charge in [-0.25, -0.2) is 18.2 Å². The summed E-state index contributed by atoms with van der Waals surface area (Å²) < 4.78 is 34.0. The minimum absolute atomic E-state index is 0.00146. The molecule has 5 rings (SSSR count). The fraction of sp³-hybridized carbons (Fsp3) is 0.259. The van der Waals surface area contributed by atoms with Crippen molar-refractivity contribution in [2.24, 2.45) is 0 Å². The van der Waals surface area contributed by atoms with Gasteiger partial charge in [-0.15, -0.1) is 11.3 Å². The van der Waals surface area contributed by atoms with Crippen LogP contribution in [0.4, 0.5) is 5.69 Å². The number of sulfonamides is 1. The van der Waals surface area contributed by atoms with Gasteiger partial charge in [0.15, 0.2) is 4.21 Å². The topological polar surface area (TPSA) is 106 Å². The maximum Gasteiger partial charge on any atom is 0.335 e. The van der Waals surface area contributed by atoms with Gasteiger partial charge in [0.05, 0.1) is 24.6 Å². The van der Waals surface area contributed by atoms with Crippen molar-refractivity contribution in [3.8, 4) is 16.3 Å². The number of thiazole rings is 1. The summed E-state index contributed by atoms with van der Waals surface area (Å²) in [7, 11) is -2.61. The lowest BCUT2D eigenvalue weighted by atomic mass is 9.82. The predicted octanol–water partition coefficient (Wildman–Crippen LogP) is 6.52. The third kappa shape index (κ3) is 4.68. The van der Waals surface area contributed by atoms with Gasteiger partial charge in [-0.1, -0.05) is 55.7 Å². The van der Waals surface area contributed by atoms with E-state index < -0.39 is 16.0 Å². The summed E-state index contributed by atoms with van der Waals surface area (Å²) in [4.78, 5) is 15.7. The first kappa shape index (κ1) is 24.3. The van der Waals surface area contributed by atoms with Gasteiger partial charge in [0.1, 0.15) is 10.8 Å². The van der Waals surface area contributed by atoms with Gasteiger partial charge < -0.3 is 9.84 Å². The van der Waals surface area contributed by atoms with Crippen LogP contribution in [0.2, 0.25) is 0 Å². The van der Waals surface area contributed by atoms with Crippen molar-refractivity contribution in [3.63, 3.8) is 0 Å². The summed E-state index contributed by atoms with van der Waals surface area (Å²) >= 11 is 1.09. The number of carboxylic acid groups (broad SMARTS) is 1. The normalized spacial score (nSPS) is 14.6. The molecule has 0 unspecified atom stereocenters. The van der Waals surface area contributed by atoms with Crippen LogP contribution in [0.5, 0.6) is 5.75 Å². The Morgan fingerprint density at radius 2 is 1.81 bits per heavy atom. The molecule has 4 aromatic rings. The van der Waals surface area contributed by atoms with E-state index in [1.165, 1.54) is 74.6 Å². The summed E-state index contributed by atoms with van der Waals surface area (Å²) in [6.07, 6.45) is 7.56. The van der Waals surface area contributed by atoms with Crippen molar-refractivity contribution in [2.45, 2.75) is 42.2 Å². The number of nitrogens with zero attached hydrogens (tertiary/aromatic N) is 1. The van der Waals surface area contributed by atoms with E-state index in [4.69, 9.17) is 4.74 Å². The number of carbonyl (C=O) groups is 1. The number of aromatic carboxylic acids is 1. The lowest BCUT2D eigenvalue weighted by Crippen LogP contribution is -2.12. The van der Waals surface area contributed by atoms with Crippen LogP contribution in [0.3, 0.4) is 0 Å². The molecule has 1 saturated carbocycles. The second-order valence-electron chi connectivity index (χ2n) is 8.89. The molecule has 0 radical (unpaired) electrons. The second-order valence-corrected chi connectivity index (χ2v) is 11.8. The van der Waals surface area contributed by atoms with Crippen molar-refractivity contribution in [3.05, 3.63) is 71.9 Å².